The summed E-state index contributed by atoms with van der Waals surface area (Å²) in [6.07, 6.45) is -4.56. The molecule has 2 heterocycles. The number of nitrogens with zero attached hydrogens (tertiary/aromatic N) is 1. The summed E-state index contributed by atoms with van der Waals surface area (Å²) < 4.78 is 41.2. The van der Waals surface area contributed by atoms with Gasteiger partial charge < -0.3 is 9.55 Å². The molecule has 1 aromatic carbocycles. The third kappa shape index (κ3) is 1.93. The molecule has 21 heavy (non-hydrogen) atoms. The first-order valence-corrected chi connectivity index (χ1v) is 6.40. The average Bonchev–Trinajstić information content (AvgIpc) is 2.60. The van der Waals surface area contributed by atoms with E-state index >= 15 is 0 Å². The lowest BCUT2D eigenvalue weighted by Gasteiger charge is -2.10. The summed E-state index contributed by atoms with van der Waals surface area (Å²) in [7, 11) is 1.81. The molecule has 0 radical (unpaired) electrons. The van der Waals surface area contributed by atoms with Gasteiger partial charge in [0, 0.05) is 40.6 Å². The van der Waals surface area contributed by atoms with Crippen molar-refractivity contribution in [1.82, 2.24) is 9.55 Å². The van der Waals surface area contributed by atoms with Crippen LogP contribution in [0.15, 0.2) is 23.0 Å². The van der Waals surface area contributed by atoms with Gasteiger partial charge in [0.05, 0.1) is 5.56 Å². The number of rotatable bonds is 0. The monoisotopic (exact) mass is 294 g/mol. The first-order chi connectivity index (χ1) is 9.70. The maximum atomic E-state index is 13.1. The summed E-state index contributed by atoms with van der Waals surface area (Å²) in [5.41, 5.74) is 1.24. The summed E-state index contributed by atoms with van der Waals surface area (Å²) in [6.45, 7) is 3.82. The average molecular weight is 294 g/mol. The number of benzene rings is 1. The fourth-order valence-corrected chi connectivity index (χ4v) is 2.73. The number of nitrogens with one attached hydrogen (secondary N) is 1. The molecular formula is C15H13F3N2O. The van der Waals surface area contributed by atoms with E-state index in [1.807, 2.05) is 25.5 Å². The third-order valence-electron chi connectivity index (χ3n) is 4.08. The van der Waals surface area contributed by atoms with E-state index < -0.39 is 17.3 Å². The lowest BCUT2D eigenvalue weighted by Crippen LogP contribution is -2.13. The molecule has 1 N–H and O–H groups in total. The fourth-order valence-electron chi connectivity index (χ4n) is 2.73. The first kappa shape index (κ1) is 13.7. The van der Waals surface area contributed by atoms with Crippen molar-refractivity contribution in [3.8, 4) is 0 Å². The molecule has 2 aromatic heterocycles. The number of pyridine rings is 1. The smallest absolute Gasteiger partial charge is 0.348 e. The zero-order valence-corrected chi connectivity index (χ0v) is 11.7. The van der Waals surface area contributed by atoms with Crippen LogP contribution in [-0.2, 0) is 13.2 Å². The van der Waals surface area contributed by atoms with Crippen LogP contribution in [0.5, 0.6) is 0 Å². The van der Waals surface area contributed by atoms with Crippen LogP contribution in [0.3, 0.4) is 0 Å². The second-order valence-corrected chi connectivity index (χ2v) is 5.23. The Hall–Kier alpha value is -2.24. The minimum Gasteiger partial charge on any atom is -0.348 e. The normalized spacial score (nSPS) is 12.5. The molecule has 3 nitrogen and oxygen atoms in total. The van der Waals surface area contributed by atoms with E-state index in [-0.39, 0.29) is 10.9 Å². The molecule has 3 aromatic rings. The number of aromatic nitrogens is 2. The Balaban J connectivity index is 2.55. The largest absolute Gasteiger partial charge is 0.417 e. The number of hydrogen-bond donors (Lipinski definition) is 1. The standard InChI is InChI=1S/C15H13F3N2O/c1-7-8(2)20(3)13-5-10-11(15(16,17)18)6-14(21)19-12(10)4-9(7)13/h4-6H,1-3H3,(H,19,21). The van der Waals surface area contributed by atoms with Crippen LogP contribution >= 0.6 is 0 Å². The van der Waals surface area contributed by atoms with Crippen molar-refractivity contribution >= 4 is 21.8 Å². The molecule has 0 aliphatic rings. The van der Waals surface area contributed by atoms with E-state index in [4.69, 9.17) is 0 Å². The second-order valence-electron chi connectivity index (χ2n) is 5.23. The van der Waals surface area contributed by atoms with Crippen LogP contribution in [0, 0.1) is 13.8 Å². The van der Waals surface area contributed by atoms with Crippen molar-refractivity contribution in [2.75, 3.05) is 0 Å². The predicted molar refractivity (Wildman–Crippen MR) is 75.5 cm³/mol. The molecule has 0 unspecified atom stereocenters. The highest BCUT2D eigenvalue weighted by molar-refractivity contribution is 5.99. The van der Waals surface area contributed by atoms with Crippen molar-refractivity contribution in [3.63, 3.8) is 0 Å². The van der Waals surface area contributed by atoms with Crippen LogP contribution in [0.1, 0.15) is 16.8 Å². The van der Waals surface area contributed by atoms with Crippen molar-refractivity contribution in [1.29, 1.82) is 0 Å². The number of halogens is 3. The fraction of sp³-hybridized carbons (Fsp3) is 0.267. The van der Waals surface area contributed by atoms with Gasteiger partial charge in [-0.2, -0.15) is 13.2 Å². The highest BCUT2D eigenvalue weighted by atomic mass is 19.4. The number of alkyl halides is 3. The summed E-state index contributed by atoms with van der Waals surface area (Å²) in [5.74, 6) is 0. The summed E-state index contributed by atoms with van der Waals surface area (Å²) in [6, 6.07) is 3.71. The summed E-state index contributed by atoms with van der Waals surface area (Å²) in [5, 5.41) is 0.854. The van der Waals surface area contributed by atoms with Gasteiger partial charge >= 0.3 is 6.18 Å². The zero-order valence-electron chi connectivity index (χ0n) is 11.7. The molecule has 0 amide bonds. The third-order valence-corrected chi connectivity index (χ3v) is 4.08. The van der Waals surface area contributed by atoms with E-state index in [2.05, 4.69) is 4.98 Å². The SMILES string of the molecule is Cc1c(C)n(C)c2cc3c(C(F)(F)F)cc(=O)[nH]c3cc12. The molecule has 6 heteroatoms. The Morgan fingerprint density at radius 1 is 1.10 bits per heavy atom. The quantitative estimate of drug-likeness (QED) is 0.675. The summed E-state index contributed by atoms with van der Waals surface area (Å²) in [4.78, 5) is 14.0. The van der Waals surface area contributed by atoms with E-state index in [0.29, 0.717) is 6.07 Å². The van der Waals surface area contributed by atoms with Gasteiger partial charge in [0.2, 0.25) is 5.56 Å². The number of aromatic amines is 1. The van der Waals surface area contributed by atoms with Gasteiger partial charge in [-0.05, 0) is 31.5 Å². The van der Waals surface area contributed by atoms with Crippen molar-refractivity contribution in [2.24, 2.45) is 7.05 Å². The van der Waals surface area contributed by atoms with Gasteiger partial charge in [0.25, 0.3) is 0 Å². The molecule has 0 saturated heterocycles. The van der Waals surface area contributed by atoms with Crippen LogP contribution in [0.4, 0.5) is 13.2 Å². The molecule has 0 bridgehead atoms. The molecular weight excluding hydrogens is 281 g/mol. The van der Waals surface area contributed by atoms with Crippen molar-refractivity contribution in [2.45, 2.75) is 20.0 Å². The Labute approximate surface area is 118 Å². The lowest BCUT2D eigenvalue weighted by molar-refractivity contribution is -0.136. The zero-order chi connectivity index (χ0) is 15.5. The van der Waals surface area contributed by atoms with Crippen molar-refractivity contribution < 1.29 is 13.2 Å². The maximum Gasteiger partial charge on any atom is 0.417 e. The molecule has 0 saturated carbocycles. The number of hydrogen-bond acceptors (Lipinski definition) is 1. The highest BCUT2D eigenvalue weighted by Gasteiger charge is 2.33. The molecule has 0 aliphatic carbocycles. The Bertz CT molecular complexity index is 932. The molecule has 0 aliphatic heterocycles. The number of fused-ring (bicyclic) bond motifs is 2. The molecule has 110 valence electrons. The van der Waals surface area contributed by atoms with Crippen LogP contribution in [0.2, 0.25) is 0 Å². The van der Waals surface area contributed by atoms with Gasteiger partial charge in [0.1, 0.15) is 0 Å². The highest BCUT2D eigenvalue weighted by Crippen LogP contribution is 2.36. The molecule has 3 rings (SSSR count). The van der Waals surface area contributed by atoms with Crippen LogP contribution < -0.4 is 5.56 Å². The first-order valence-electron chi connectivity index (χ1n) is 6.40. The van der Waals surface area contributed by atoms with Gasteiger partial charge in [-0.3, -0.25) is 4.79 Å². The predicted octanol–water partition coefficient (Wildman–Crippen LogP) is 3.66. The van der Waals surface area contributed by atoms with Crippen LogP contribution in [-0.4, -0.2) is 9.55 Å². The lowest BCUT2D eigenvalue weighted by atomic mass is 10.1. The van der Waals surface area contributed by atoms with Gasteiger partial charge in [-0.15, -0.1) is 0 Å². The molecule has 0 spiro atoms. The molecule has 0 fully saturated rings. The number of H-pyrrole nitrogens is 1. The van der Waals surface area contributed by atoms with E-state index in [1.54, 1.807) is 6.07 Å². The Morgan fingerprint density at radius 2 is 1.76 bits per heavy atom. The van der Waals surface area contributed by atoms with Crippen molar-refractivity contribution in [3.05, 3.63) is 45.4 Å². The van der Waals surface area contributed by atoms with E-state index in [1.165, 1.54) is 6.07 Å². The van der Waals surface area contributed by atoms with Crippen LogP contribution in [0.25, 0.3) is 21.8 Å². The Morgan fingerprint density at radius 3 is 2.38 bits per heavy atom. The van der Waals surface area contributed by atoms with Gasteiger partial charge in [-0.25, -0.2) is 0 Å². The molecule has 0 atom stereocenters. The minimum atomic E-state index is -4.56. The minimum absolute atomic E-state index is 0.00944. The maximum absolute atomic E-state index is 13.1. The van der Waals surface area contributed by atoms with E-state index in [0.717, 1.165) is 22.2 Å². The topological polar surface area (TPSA) is 37.8 Å². The second kappa shape index (κ2) is 4.13. The summed E-state index contributed by atoms with van der Waals surface area (Å²) >= 11 is 0. The van der Waals surface area contributed by atoms with Gasteiger partial charge in [0.15, 0.2) is 0 Å². The van der Waals surface area contributed by atoms with E-state index in [9.17, 15) is 18.0 Å². The number of aryl methyl sites for hydroxylation is 2. The van der Waals surface area contributed by atoms with Gasteiger partial charge in [-0.1, -0.05) is 0 Å². The Kier molecular flexibility index (Phi) is 2.70.